The van der Waals surface area contributed by atoms with Crippen molar-refractivity contribution in [2.24, 2.45) is 5.73 Å². The van der Waals surface area contributed by atoms with Crippen LogP contribution in [-0.2, 0) is 11.2 Å². The molecule has 1 fully saturated rings. The second kappa shape index (κ2) is 8.85. The molecule has 1 saturated heterocycles. The molecule has 30 heavy (non-hydrogen) atoms. The Hall–Kier alpha value is -2.90. The highest BCUT2D eigenvalue weighted by atomic mass is 32.1. The summed E-state index contributed by atoms with van der Waals surface area (Å²) < 4.78 is 6.90. The fourth-order valence-electron chi connectivity index (χ4n) is 3.81. The van der Waals surface area contributed by atoms with Gasteiger partial charge in [0.2, 0.25) is 0 Å². The molecular formula is C23H25N3O3S. The first-order valence-electron chi connectivity index (χ1n) is 10.1. The Kier molecular flexibility index (Phi) is 6.01. The van der Waals surface area contributed by atoms with Crippen molar-refractivity contribution >= 4 is 33.2 Å². The van der Waals surface area contributed by atoms with E-state index < -0.39 is 11.9 Å². The van der Waals surface area contributed by atoms with Crippen LogP contribution < -0.4 is 15.8 Å². The van der Waals surface area contributed by atoms with Gasteiger partial charge in [-0.1, -0.05) is 12.1 Å². The SMILES string of the molecule is N=C(N)c1ccc2sc(CC(C(=O)O)c3ccc(OC[C@H]4CCCN4)cc3)cc2c1. The van der Waals surface area contributed by atoms with Gasteiger partial charge >= 0.3 is 5.97 Å². The lowest BCUT2D eigenvalue weighted by atomic mass is 9.95. The van der Waals surface area contributed by atoms with Gasteiger partial charge < -0.3 is 20.9 Å². The number of aliphatic carboxylic acids is 1. The standard InChI is InChI=1S/C23H25N3O3S/c24-22(25)15-5-8-21-16(10-15)11-19(30-21)12-20(23(27)28)14-3-6-18(7-4-14)29-13-17-2-1-9-26-17/h3-8,10-11,17,20,26H,1-2,9,12-13H2,(H3,24,25)(H,27,28)/t17-,20?/m1/s1. The molecule has 4 rings (SSSR count). The molecule has 0 amide bonds. The minimum absolute atomic E-state index is 0.0269. The van der Waals surface area contributed by atoms with E-state index in [2.05, 4.69) is 5.32 Å². The van der Waals surface area contributed by atoms with E-state index in [0.29, 0.717) is 24.6 Å². The van der Waals surface area contributed by atoms with Gasteiger partial charge in [0, 0.05) is 21.2 Å². The fraction of sp³-hybridized carbons (Fsp3) is 0.304. The van der Waals surface area contributed by atoms with Gasteiger partial charge in [-0.15, -0.1) is 11.3 Å². The lowest BCUT2D eigenvalue weighted by Gasteiger charge is -2.14. The average molecular weight is 424 g/mol. The van der Waals surface area contributed by atoms with Crippen molar-refractivity contribution in [2.75, 3.05) is 13.2 Å². The number of thiophene rings is 1. The molecule has 2 heterocycles. The highest BCUT2D eigenvalue weighted by Crippen LogP contribution is 2.31. The second-order valence-corrected chi connectivity index (χ2v) is 8.82. The number of hydrogen-bond donors (Lipinski definition) is 4. The molecule has 5 N–H and O–H groups in total. The van der Waals surface area contributed by atoms with Crippen LogP contribution >= 0.6 is 11.3 Å². The Morgan fingerprint density at radius 1 is 1.27 bits per heavy atom. The van der Waals surface area contributed by atoms with Crippen molar-refractivity contribution < 1.29 is 14.6 Å². The summed E-state index contributed by atoms with van der Waals surface area (Å²) in [6.07, 6.45) is 2.72. The first kappa shape index (κ1) is 20.4. The predicted molar refractivity (Wildman–Crippen MR) is 120 cm³/mol. The van der Waals surface area contributed by atoms with Crippen LogP contribution in [0.3, 0.4) is 0 Å². The largest absolute Gasteiger partial charge is 0.492 e. The number of nitrogen functional groups attached to an aromatic ring is 1. The van der Waals surface area contributed by atoms with E-state index in [1.165, 1.54) is 6.42 Å². The van der Waals surface area contributed by atoms with Crippen molar-refractivity contribution in [2.45, 2.75) is 31.2 Å². The zero-order chi connectivity index (χ0) is 21.1. The van der Waals surface area contributed by atoms with Gasteiger partial charge in [0.05, 0.1) is 5.92 Å². The molecule has 1 aliphatic rings. The molecule has 7 heteroatoms. The van der Waals surface area contributed by atoms with Crippen molar-refractivity contribution in [3.8, 4) is 5.75 Å². The van der Waals surface area contributed by atoms with Gasteiger partial charge in [-0.2, -0.15) is 0 Å². The highest BCUT2D eigenvalue weighted by molar-refractivity contribution is 7.19. The van der Waals surface area contributed by atoms with Crippen LogP contribution in [0, 0.1) is 5.41 Å². The number of carboxylic acid groups (broad SMARTS) is 1. The molecule has 0 saturated carbocycles. The summed E-state index contributed by atoms with van der Waals surface area (Å²) in [7, 11) is 0. The first-order valence-corrected chi connectivity index (χ1v) is 10.9. The zero-order valence-corrected chi connectivity index (χ0v) is 17.4. The number of fused-ring (bicyclic) bond motifs is 1. The third-order valence-corrected chi connectivity index (χ3v) is 6.62. The molecule has 1 unspecified atom stereocenters. The van der Waals surface area contributed by atoms with Gasteiger partial charge in [-0.25, -0.2) is 0 Å². The highest BCUT2D eigenvalue weighted by Gasteiger charge is 2.22. The van der Waals surface area contributed by atoms with E-state index in [0.717, 1.165) is 39.2 Å². The van der Waals surface area contributed by atoms with Gasteiger partial charge in [-0.3, -0.25) is 10.2 Å². The lowest BCUT2D eigenvalue weighted by molar-refractivity contribution is -0.138. The van der Waals surface area contributed by atoms with Gasteiger partial charge in [0.1, 0.15) is 18.2 Å². The van der Waals surface area contributed by atoms with E-state index >= 15 is 0 Å². The van der Waals surface area contributed by atoms with Crippen LogP contribution in [0.25, 0.3) is 10.1 Å². The van der Waals surface area contributed by atoms with Crippen LogP contribution in [0.4, 0.5) is 0 Å². The third kappa shape index (κ3) is 4.63. The predicted octanol–water partition coefficient (Wildman–Crippen LogP) is 3.73. The molecule has 1 aliphatic heterocycles. The first-order chi connectivity index (χ1) is 14.5. The molecule has 3 aromatic rings. The summed E-state index contributed by atoms with van der Waals surface area (Å²) >= 11 is 1.58. The Balaban J connectivity index is 1.47. The Morgan fingerprint density at radius 3 is 2.73 bits per heavy atom. The van der Waals surface area contributed by atoms with Crippen LogP contribution in [0.5, 0.6) is 5.75 Å². The van der Waals surface area contributed by atoms with E-state index in [4.69, 9.17) is 15.9 Å². The van der Waals surface area contributed by atoms with Crippen LogP contribution in [0.2, 0.25) is 0 Å². The minimum Gasteiger partial charge on any atom is -0.492 e. The number of carboxylic acids is 1. The Morgan fingerprint density at radius 2 is 2.07 bits per heavy atom. The van der Waals surface area contributed by atoms with E-state index in [1.54, 1.807) is 11.3 Å². The molecule has 1 aromatic heterocycles. The second-order valence-electron chi connectivity index (χ2n) is 7.65. The summed E-state index contributed by atoms with van der Waals surface area (Å²) in [4.78, 5) is 13.0. The summed E-state index contributed by atoms with van der Waals surface area (Å²) in [6.45, 7) is 1.67. The maximum atomic E-state index is 12.0. The maximum Gasteiger partial charge on any atom is 0.311 e. The fourth-order valence-corrected chi connectivity index (χ4v) is 4.90. The number of benzene rings is 2. The summed E-state index contributed by atoms with van der Waals surface area (Å²) in [5.41, 5.74) is 7.00. The molecule has 0 spiro atoms. The van der Waals surface area contributed by atoms with E-state index in [9.17, 15) is 9.90 Å². The number of amidine groups is 1. The molecule has 2 atom stereocenters. The van der Waals surface area contributed by atoms with Crippen LogP contribution in [0.1, 0.15) is 34.8 Å². The van der Waals surface area contributed by atoms with Crippen molar-refractivity contribution in [3.05, 3.63) is 64.5 Å². The normalized spacial score (nSPS) is 17.1. The average Bonchev–Trinajstić information content (AvgIpc) is 3.39. The lowest BCUT2D eigenvalue weighted by Crippen LogP contribution is -2.28. The monoisotopic (exact) mass is 423 g/mol. The molecule has 0 aliphatic carbocycles. The molecule has 156 valence electrons. The van der Waals surface area contributed by atoms with Crippen molar-refractivity contribution in [1.82, 2.24) is 5.32 Å². The zero-order valence-electron chi connectivity index (χ0n) is 16.6. The van der Waals surface area contributed by atoms with Crippen LogP contribution in [-0.4, -0.2) is 36.1 Å². The molecular weight excluding hydrogens is 398 g/mol. The number of carbonyl (C=O) groups is 1. The number of hydrogen-bond acceptors (Lipinski definition) is 5. The third-order valence-electron chi connectivity index (χ3n) is 5.48. The topological polar surface area (TPSA) is 108 Å². The summed E-state index contributed by atoms with van der Waals surface area (Å²) in [6, 6.07) is 15.4. The number of ether oxygens (including phenoxy) is 1. The smallest absolute Gasteiger partial charge is 0.311 e. The number of nitrogens with two attached hydrogens (primary N) is 1. The van der Waals surface area contributed by atoms with Gasteiger partial charge in [0.15, 0.2) is 0 Å². The van der Waals surface area contributed by atoms with E-state index in [-0.39, 0.29) is 5.84 Å². The molecule has 2 aromatic carbocycles. The Labute approximate surface area is 179 Å². The summed E-state index contributed by atoms with van der Waals surface area (Å²) in [5, 5.41) is 21.8. The summed E-state index contributed by atoms with van der Waals surface area (Å²) in [5.74, 6) is -0.689. The van der Waals surface area contributed by atoms with Crippen LogP contribution in [0.15, 0.2) is 48.5 Å². The molecule has 6 nitrogen and oxygen atoms in total. The Bertz CT molecular complexity index is 1060. The minimum atomic E-state index is -0.847. The quantitative estimate of drug-likeness (QED) is 0.326. The van der Waals surface area contributed by atoms with Gasteiger partial charge in [0.25, 0.3) is 0 Å². The number of rotatable bonds is 8. The number of nitrogens with one attached hydrogen (secondary N) is 2. The van der Waals surface area contributed by atoms with E-state index in [1.807, 2.05) is 48.5 Å². The molecule has 0 bridgehead atoms. The van der Waals surface area contributed by atoms with Gasteiger partial charge in [-0.05, 0) is 73.2 Å². The molecule has 0 radical (unpaired) electrons. The van der Waals surface area contributed by atoms with Crippen molar-refractivity contribution in [1.29, 1.82) is 5.41 Å². The maximum absolute atomic E-state index is 12.0. The van der Waals surface area contributed by atoms with Crippen molar-refractivity contribution in [3.63, 3.8) is 0 Å².